The molecule has 0 bridgehead atoms. The van der Waals surface area contributed by atoms with Crippen molar-refractivity contribution in [1.29, 1.82) is 0 Å². The second kappa shape index (κ2) is 6.00. The summed E-state index contributed by atoms with van der Waals surface area (Å²) in [5.41, 5.74) is 0.861. The van der Waals surface area contributed by atoms with Crippen LogP contribution in [0.15, 0.2) is 6.07 Å². The van der Waals surface area contributed by atoms with E-state index in [2.05, 4.69) is 15.3 Å². The molecular weight excluding hydrogens is 230 g/mol. The number of ether oxygens (including phenoxy) is 2. The third-order valence-corrected chi connectivity index (χ3v) is 2.69. The molecule has 0 amide bonds. The summed E-state index contributed by atoms with van der Waals surface area (Å²) in [7, 11) is 0. The number of nitrogens with one attached hydrogen (secondary N) is 1. The van der Waals surface area contributed by atoms with Gasteiger partial charge in [0.1, 0.15) is 6.10 Å². The summed E-state index contributed by atoms with van der Waals surface area (Å²) in [5, 5.41) is 3.30. The molecule has 0 spiro atoms. The maximum absolute atomic E-state index is 5.79. The average molecular weight is 251 g/mol. The van der Waals surface area contributed by atoms with Gasteiger partial charge in [0.05, 0.1) is 6.10 Å². The van der Waals surface area contributed by atoms with Gasteiger partial charge in [-0.2, -0.15) is 4.98 Å². The molecule has 5 nitrogen and oxygen atoms in total. The molecule has 1 atom stereocenters. The number of hydrogen-bond donors (Lipinski definition) is 1. The lowest BCUT2D eigenvalue weighted by Gasteiger charge is -2.23. The van der Waals surface area contributed by atoms with E-state index < -0.39 is 0 Å². The van der Waals surface area contributed by atoms with Gasteiger partial charge in [0.2, 0.25) is 5.88 Å². The van der Waals surface area contributed by atoms with E-state index in [1.54, 1.807) is 0 Å². The summed E-state index contributed by atoms with van der Waals surface area (Å²) in [6.45, 7) is 7.79. The lowest BCUT2D eigenvalue weighted by molar-refractivity contribution is 0.149. The van der Waals surface area contributed by atoms with E-state index in [1.807, 2.05) is 26.8 Å². The number of nitrogens with zero attached hydrogens (tertiary/aromatic N) is 2. The molecule has 1 aliphatic rings. The highest BCUT2D eigenvalue weighted by molar-refractivity contribution is 5.18. The van der Waals surface area contributed by atoms with E-state index in [4.69, 9.17) is 9.47 Å². The third kappa shape index (κ3) is 3.84. The molecule has 1 aliphatic heterocycles. The minimum atomic E-state index is 0.100. The van der Waals surface area contributed by atoms with E-state index in [-0.39, 0.29) is 12.2 Å². The molecular formula is C13H21N3O2. The van der Waals surface area contributed by atoms with Gasteiger partial charge in [-0.15, -0.1) is 0 Å². The maximum Gasteiger partial charge on any atom is 0.320 e. The van der Waals surface area contributed by atoms with Gasteiger partial charge in [-0.05, 0) is 40.2 Å². The van der Waals surface area contributed by atoms with Crippen LogP contribution < -0.4 is 14.8 Å². The lowest BCUT2D eigenvalue weighted by Crippen LogP contribution is -2.37. The SMILES string of the molecule is Cc1cc(OC(C)C)nc(OC2CCCNC2)n1. The largest absolute Gasteiger partial charge is 0.475 e. The summed E-state index contributed by atoms with van der Waals surface area (Å²) in [6, 6.07) is 2.24. The Kier molecular flexibility index (Phi) is 4.36. The van der Waals surface area contributed by atoms with Gasteiger partial charge in [0.15, 0.2) is 0 Å². The molecule has 1 fully saturated rings. The number of hydrogen-bond acceptors (Lipinski definition) is 5. The van der Waals surface area contributed by atoms with Crippen molar-refractivity contribution in [2.45, 2.75) is 45.8 Å². The van der Waals surface area contributed by atoms with Gasteiger partial charge in [-0.25, -0.2) is 4.98 Å². The smallest absolute Gasteiger partial charge is 0.320 e. The molecule has 1 saturated heterocycles. The van der Waals surface area contributed by atoms with Crippen molar-refractivity contribution < 1.29 is 9.47 Å². The van der Waals surface area contributed by atoms with Crippen molar-refractivity contribution >= 4 is 0 Å². The van der Waals surface area contributed by atoms with Crippen LogP contribution in [0, 0.1) is 6.92 Å². The normalized spacial score (nSPS) is 19.9. The van der Waals surface area contributed by atoms with Crippen molar-refractivity contribution in [3.8, 4) is 11.9 Å². The van der Waals surface area contributed by atoms with E-state index >= 15 is 0 Å². The van der Waals surface area contributed by atoms with Gasteiger partial charge in [-0.1, -0.05) is 0 Å². The Bertz CT molecular complexity index is 390. The summed E-state index contributed by atoms with van der Waals surface area (Å²) < 4.78 is 11.4. The summed E-state index contributed by atoms with van der Waals surface area (Å²) in [4.78, 5) is 8.58. The van der Waals surface area contributed by atoms with Crippen LogP contribution in [0.4, 0.5) is 0 Å². The highest BCUT2D eigenvalue weighted by Crippen LogP contribution is 2.17. The molecule has 1 unspecified atom stereocenters. The van der Waals surface area contributed by atoms with Crippen molar-refractivity contribution in [3.63, 3.8) is 0 Å². The van der Waals surface area contributed by atoms with Gasteiger partial charge in [0, 0.05) is 18.3 Å². The van der Waals surface area contributed by atoms with E-state index in [0.29, 0.717) is 11.9 Å². The number of piperidine rings is 1. The van der Waals surface area contributed by atoms with Crippen LogP contribution in [0.25, 0.3) is 0 Å². The van der Waals surface area contributed by atoms with E-state index in [0.717, 1.165) is 31.6 Å². The highest BCUT2D eigenvalue weighted by atomic mass is 16.5. The molecule has 0 aromatic carbocycles. The Hall–Kier alpha value is -1.36. The van der Waals surface area contributed by atoms with Crippen LogP contribution in [0.2, 0.25) is 0 Å². The van der Waals surface area contributed by atoms with Crippen molar-refractivity contribution in [2.24, 2.45) is 0 Å². The number of rotatable bonds is 4. The first-order chi connectivity index (χ1) is 8.63. The van der Waals surface area contributed by atoms with E-state index in [1.165, 1.54) is 0 Å². The first-order valence-corrected chi connectivity index (χ1v) is 6.53. The predicted octanol–water partition coefficient (Wildman–Crippen LogP) is 1.70. The zero-order chi connectivity index (χ0) is 13.0. The van der Waals surface area contributed by atoms with Crippen LogP contribution in [0.3, 0.4) is 0 Å². The molecule has 2 rings (SSSR count). The topological polar surface area (TPSA) is 56.3 Å². The van der Waals surface area contributed by atoms with Crippen molar-refractivity contribution in [3.05, 3.63) is 11.8 Å². The zero-order valence-corrected chi connectivity index (χ0v) is 11.3. The van der Waals surface area contributed by atoms with Gasteiger partial charge in [-0.3, -0.25) is 0 Å². The highest BCUT2D eigenvalue weighted by Gasteiger charge is 2.16. The fourth-order valence-corrected chi connectivity index (χ4v) is 1.94. The molecule has 18 heavy (non-hydrogen) atoms. The van der Waals surface area contributed by atoms with Crippen LogP contribution in [-0.4, -0.2) is 35.3 Å². The minimum absolute atomic E-state index is 0.100. The molecule has 0 saturated carbocycles. The number of aryl methyl sites for hydroxylation is 1. The number of aromatic nitrogens is 2. The van der Waals surface area contributed by atoms with Crippen LogP contribution >= 0.6 is 0 Å². The van der Waals surface area contributed by atoms with Gasteiger partial charge >= 0.3 is 6.01 Å². The molecule has 100 valence electrons. The quantitative estimate of drug-likeness (QED) is 0.882. The molecule has 1 N–H and O–H groups in total. The standard InChI is InChI=1S/C13H21N3O2/c1-9(2)17-12-7-10(3)15-13(16-12)18-11-5-4-6-14-8-11/h7,9,11,14H,4-6,8H2,1-3H3. The Morgan fingerprint density at radius 3 is 2.89 bits per heavy atom. The molecule has 1 aromatic rings. The molecule has 1 aromatic heterocycles. The molecule has 5 heteroatoms. The first-order valence-electron chi connectivity index (χ1n) is 6.53. The molecule has 0 radical (unpaired) electrons. The minimum Gasteiger partial charge on any atom is -0.475 e. The van der Waals surface area contributed by atoms with Crippen molar-refractivity contribution in [1.82, 2.24) is 15.3 Å². The van der Waals surface area contributed by atoms with Crippen LogP contribution in [-0.2, 0) is 0 Å². The zero-order valence-electron chi connectivity index (χ0n) is 11.3. The Morgan fingerprint density at radius 1 is 1.39 bits per heavy atom. The van der Waals surface area contributed by atoms with Crippen LogP contribution in [0.1, 0.15) is 32.4 Å². The monoisotopic (exact) mass is 251 g/mol. The van der Waals surface area contributed by atoms with Gasteiger partial charge < -0.3 is 14.8 Å². The summed E-state index contributed by atoms with van der Waals surface area (Å²) >= 11 is 0. The predicted molar refractivity (Wildman–Crippen MR) is 69.1 cm³/mol. The second-order valence-corrected chi connectivity index (χ2v) is 4.88. The van der Waals surface area contributed by atoms with Crippen LogP contribution in [0.5, 0.6) is 11.9 Å². The molecule has 2 heterocycles. The maximum atomic E-state index is 5.79. The Labute approximate surface area is 108 Å². The summed E-state index contributed by atoms with van der Waals surface area (Å²) in [6.07, 6.45) is 2.44. The van der Waals surface area contributed by atoms with Gasteiger partial charge in [0.25, 0.3) is 0 Å². The fourth-order valence-electron chi connectivity index (χ4n) is 1.94. The third-order valence-electron chi connectivity index (χ3n) is 2.69. The summed E-state index contributed by atoms with van der Waals surface area (Å²) in [5.74, 6) is 0.580. The fraction of sp³-hybridized carbons (Fsp3) is 0.692. The second-order valence-electron chi connectivity index (χ2n) is 4.88. The average Bonchev–Trinajstić information content (AvgIpc) is 2.28. The first kappa shape index (κ1) is 13.1. The van der Waals surface area contributed by atoms with Crippen molar-refractivity contribution in [2.75, 3.05) is 13.1 Å². The molecule has 0 aliphatic carbocycles. The Balaban J connectivity index is 2.04. The Morgan fingerprint density at radius 2 is 2.22 bits per heavy atom. The van der Waals surface area contributed by atoms with E-state index in [9.17, 15) is 0 Å². The lowest BCUT2D eigenvalue weighted by atomic mass is 10.1.